The first kappa shape index (κ1) is 15.4. The summed E-state index contributed by atoms with van der Waals surface area (Å²) in [6.45, 7) is 9.92. The number of hydrogen-bond donors (Lipinski definition) is 1. The Balaban J connectivity index is 1.63. The highest BCUT2D eigenvalue weighted by molar-refractivity contribution is 6.76. The Bertz CT molecular complexity index is 587. The minimum absolute atomic E-state index is 0.552. The minimum Gasteiger partial charge on any atom is -0.469 e. The smallest absolute Gasteiger partial charge is 0.126 e. The van der Waals surface area contributed by atoms with Crippen LogP contribution in [0, 0.1) is 11.8 Å². The molecule has 2 aliphatic carbocycles. The van der Waals surface area contributed by atoms with E-state index in [2.05, 4.69) is 53.3 Å². The molecule has 2 fully saturated rings. The molecule has 1 aromatic heterocycles. The first-order chi connectivity index (χ1) is 11.2. The Morgan fingerprint density at radius 1 is 1.13 bits per heavy atom. The van der Waals surface area contributed by atoms with Crippen molar-refractivity contribution in [1.82, 2.24) is 9.88 Å². The van der Waals surface area contributed by atoms with Crippen LogP contribution in [0.3, 0.4) is 0 Å². The summed E-state index contributed by atoms with van der Waals surface area (Å²) in [7, 11) is -1.47. The Labute approximate surface area is 140 Å². The van der Waals surface area contributed by atoms with Gasteiger partial charge >= 0.3 is 0 Å². The average Bonchev–Trinajstić information content (AvgIpc) is 3.23. The van der Waals surface area contributed by atoms with Crippen LogP contribution >= 0.6 is 0 Å². The highest BCUT2D eigenvalue weighted by atomic mass is 28.3. The fraction of sp³-hybridized carbons (Fsp3) is 0.579. The lowest BCUT2D eigenvalue weighted by atomic mass is 9.85. The summed E-state index contributed by atoms with van der Waals surface area (Å²) in [5.74, 6) is 3.04. The van der Waals surface area contributed by atoms with Crippen LogP contribution in [-0.2, 0) is 0 Å². The third-order valence-electron chi connectivity index (χ3n) is 6.41. The number of nitrogens with zero attached hydrogens (tertiary/aromatic N) is 1. The number of furan rings is 1. The lowest BCUT2D eigenvalue weighted by Gasteiger charge is -2.45. The maximum absolute atomic E-state index is 5.81. The quantitative estimate of drug-likeness (QED) is 0.859. The molecular formula is C19H28N2OSi. The summed E-state index contributed by atoms with van der Waals surface area (Å²) in [5, 5.41) is 3.51. The maximum Gasteiger partial charge on any atom is 0.126 e. The second-order valence-corrected chi connectivity index (χ2v) is 12.5. The van der Waals surface area contributed by atoms with Crippen LogP contribution in [0.1, 0.15) is 18.1 Å². The van der Waals surface area contributed by atoms with Gasteiger partial charge in [-0.15, -0.1) is 0 Å². The molecule has 0 aromatic carbocycles. The summed E-state index contributed by atoms with van der Waals surface area (Å²) < 4.78 is 8.64. The van der Waals surface area contributed by atoms with Crippen molar-refractivity contribution >= 4 is 8.24 Å². The van der Waals surface area contributed by atoms with E-state index in [0.717, 1.165) is 18.6 Å². The second-order valence-electron chi connectivity index (χ2n) is 7.78. The van der Waals surface area contributed by atoms with Gasteiger partial charge in [-0.25, -0.2) is 0 Å². The predicted octanol–water partition coefficient (Wildman–Crippen LogP) is 3.61. The van der Waals surface area contributed by atoms with E-state index in [-0.39, 0.29) is 0 Å². The average molecular weight is 329 g/mol. The number of allylic oxidation sites excluding steroid dienone is 4. The standard InChI is InChI=1S/C19H28N2OSi/c1-23(2,21-11-9-20-10-12-21)19-14-17(18-8-5-13-22-18)15-6-3-4-7-16(15)19/h3-8,13,15-17,19-20H,9-12,14H2,1-2H3. The summed E-state index contributed by atoms with van der Waals surface area (Å²) in [6, 6.07) is 4.22. The molecule has 3 aliphatic rings. The van der Waals surface area contributed by atoms with E-state index in [0.29, 0.717) is 17.8 Å². The summed E-state index contributed by atoms with van der Waals surface area (Å²) in [4.78, 5) is 0. The molecule has 3 nitrogen and oxygen atoms in total. The van der Waals surface area contributed by atoms with Crippen molar-refractivity contribution in [2.24, 2.45) is 11.8 Å². The van der Waals surface area contributed by atoms with Gasteiger partial charge in [0.25, 0.3) is 0 Å². The van der Waals surface area contributed by atoms with Crippen molar-refractivity contribution in [3.05, 3.63) is 48.5 Å². The zero-order valence-electron chi connectivity index (χ0n) is 14.2. The van der Waals surface area contributed by atoms with Crippen molar-refractivity contribution in [3.63, 3.8) is 0 Å². The van der Waals surface area contributed by atoms with Gasteiger partial charge in [-0.3, -0.25) is 0 Å². The monoisotopic (exact) mass is 328 g/mol. The number of nitrogens with one attached hydrogen (secondary N) is 1. The molecule has 2 heterocycles. The van der Waals surface area contributed by atoms with Crippen molar-refractivity contribution in [2.45, 2.75) is 31.0 Å². The molecular weight excluding hydrogens is 300 g/mol. The lowest BCUT2D eigenvalue weighted by molar-refractivity contribution is 0.346. The van der Waals surface area contributed by atoms with Crippen molar-refractivity contribution in [3.8, 4) is 0 Å². The van der Waals surface area contributed by atoms with Gasteiger partial charge in [0, 0.05) is 32.1 Å². The van der Waals surface area contributed by atoms with Gasteiger partial charge in [-0.05, 0) is 35.9 Å². The van der Waals surface area contributed by atoms with Crippen LogP contribution in [0.5, 0.6) is 0 Å². The van der Waals surface area contributed by atoms with E-state index in [1.807, 2.05) is 12.3 Å². The molecule has 0 amide bonds. The molecule has 4 rings (SSSR count). The van der Waals surface area contributed by atoms with Crippen molar-refractivity contribution in [2.75, 3.05) is 26.2 Å². The highest BCUT2D eigenvalue weighted by Gasteiger charge is 2.51. The van der Waals surface area contributed by atoms with E-state index < -0.39 is 8.24 Å². The zero-order valence-corrected chi connectivity index (χ0v) is 15.2. The first-order valence-corrected chi connectivity index (χ1v) is 12.0. The van der Waals surface area contributed by atoms with Crippen LogP contribution in [0.2, 0.25) is 18.6 Å². The van der Waals surface area contributed by atoms with Gasteiger partial charge in [-0.2, -0.15) is 0 Å². The summed E-state index contributed by atoms with van der Waals surface area (Å²) >= 11 is 0. The molecule has 23 heavy (non-hydrogen) atoms. The molecule has 1 N–H and O–H groups in total. The molecule has 0 radical (unpaired) electrons. The molecule has 1 aliphatic heterocycles. The normalized spacial score (nSPS) is 34.7. The molecule has 1 saturated heterocycles. The zero-order chi connectivity index (χ0) is 15.9. The fourth-order valence-corrected chi connectivity index (χ4v) is 9.03. The van der Waals surface area contributed by atoms with Gasteiger partial charge in [0.15, 0.2) is 0 Å². The Hall–Kier alpha value is -1.10. The van der Waals surface area contributed by atoms with Crippen molar-refractivity contribution < 1.29 is 4.42 Å². The molecule has 4 heteroatoms. The third kappa shape index (κ3) is 2.67. The number of hydrogen-bond acceptors (Lipinski definition) is 3. The van der Waals surface area contributed by atoms with E-state index in [1.54, 1.807) is 0 Å². The Morgan fingerprint density at radius 2 is 1.87 bits per heavy atom. The van der Waals surface area contributed by atoms with Crippen molar-refractivity contribution in [1.29, 1.82) is 0 Å². The Kier molecular flexibility index (Phi) is 4.08. The predicted molar refractivity (Wildman–Crippen MR) is 97.0 cm³/mol. The molecule has 1 saturated carbocycles. The van der Waals surface area contributed by atoms with Gasteiger partial charge in [0.05, 0.1) is 6.26 Å². The SMILES string of the molecule is C[Si](C)(C1CC(c2ccco2)C2C=CC=CC21)N1CCNCC1. The fourth-order valence-electron chi connectivity index (χ4n) is 5.08. The molecule has 4 atom stereocenters. The van der Waals surface area contributed by atoms with Gasteiger partial charge in [-0.1, -0.05) is 37.4 Å². The molecule has 124 valence electrons. The third-order valence-corrected chi connectivity index (χ3v) is 10.9. The minimum atomic E-state index is -1.47. The van der Waals surface area contributed by atoms with Crippen LogP contribution < -0.4 is 5.32 Å². The van der Waals surface area contributed by atoms with E-state index in [4.69, 9.17) is 4.42 Å². The van der Waals surface area contributed by atoms with Crippen LogP contribution in [0.4, 0.5) is 0 Å². The first-order valence-electron chi connectivity index (χ1n) is 9.02. The second kappa shape index (κ2) is 6.08. The molecule has 4 unspecified atom stereocenters. The molecule has 0 bridgehead atoms. The van der Waals surface area contributed by atoms with E-state index in [1.165, 1.54) is 25.3 Å². The van der Waals surface area contributed by atoms with Crippen LogP contribution in [0.25, 0.3) is 0 Å². The van der Waals surface area contributed by atoms with E-state index in [9.17, 15) is 0 Å². The molecule has 0 spiro atoms. The van der Waals surface area contributed by atoms with E-state index >= 15 is 0 Å². The Morgan fingerprint density at radius 3 is 2.57 bits per heavy atom. The van der Waals surface area contributed by atoms with Crippen LogP contribution in [-0.4, -0.2) is 39.0 Å². The van der Waals surface area contributed by atoms with Crippen LogP contribution in [0.15, 0.2) is 47.1 Å². The topological polar surface area (TPSA) is 28.4 Å². The largest absolute Gasteiger partial charge is 0.469 e. The molecule has 1 aromatic rings. The van der Waals surface area contributed by atoms with Gasteiger partial charge in [0.2, 0.25) is 0 Å². The number of rotatable bonds is 3. The lowest BCUT2D eigenvalue weighted by Crippen LogP contribution is -2.59. The summed E-state index contributed by atoms with van der Waals surface area (Å²) in [5.41, 5.74) is 0.807. The van der Waals surface area contributed by atoms with Gasteiger partial charge in [0.1, 0.15) is 14.0 Å². The highest BCUT2D eigenvalue weighted by Crippen LogP contribution is 2.56. The summed E-state index contributed by atoms with van der Waals surface area (Å²) in [6.07, 6.45) is 12.5. The number of piperazine rings is 1. The number of fused-ring (bicyclic) bond motifs is 1. The maximum atomic E-state index is 5.81. The van der Waals surface area contributed by atoms with Gasteiger partial charge < -0.3 is 14.3 Å².